The van der Waals surface area contributed by atoms with Crippen LogP contribution in [0.1, 0.15) is 54.7 Å². The summed E-state index contributed by atoms with van der Waals surface area (Å²) in [5.41, 5.74) is 6.37. The smallest absolute Gasteiger partial charge is 0.337 e. The van der Waals surface area contributed by atoms with E-state index in [1.165, 1.54) is 10.6 Å². The summed E-state index contributed by atoms with van der Waals surface area (Å²) in [7, 11) is -3.75. The quantitative estimate of drug-likeness (QED) is 0.409. The van der Waals surface area contributed by atoms with E-state index in [2.05, 4.69) is 0 Å². The zero-order valence-corrected chi connectivity index (χ0v) is 24.7. The van der Waals surface area contributed by atoms with Crippen molar-refractivity contribution < 1.29 is 32.5 Å². The van der Waals surface area contributed by atoms with Gasteiger partial charge in [-0.1, -0.05) is 29.8 Å². The highest BCUT2D eigenvalue weighted by Gasteiger charge is 2.39. The molecule has 0 bridgehead atoms. The Bertz CT molecular complexity index is 1620. The molecule has 5 rings (SSSR count). The minimum Gasteiger partial charge on any atom is -0.486 e. The summed E-state index contributed by atoms with van der Waals surface area (Å²) >= 11 is 0. The molecule has 40 heavy (non-hydrogen) atoms. The molecule has 0 amide bonds. The number of aliphatic carboxylic acids is 1. The zero-order chi connectivity index (χ0) is 29.1. The fourth-order valence-electron chi connectivity index (χ4n) is 5.67. The van der Waals surface area contributed by atoms with Crippen LogP contribution in [0.5, 0.6) is 11.5 Å². The molecule has 212 valence electrons. The summed E-state index contributed by atoms with van der Waals surface area (Å²) in [4.78, 5) is 12.8. The molecule has 2 heterocycles. The Kier molecular flexibility index (Phi) is 6.87. The molecule has 9 heteroatoms. The molecule has 0 fully saturated rings. The largest absolute Gasteiger partial charge is 0.486 e. The fourth-order valence-corrected chi connectivity index (χ4v) is 6.60. The van der Waals surface area contributed by atoms with E-state index < -0.39 is 27.7 Å². The first-order valence-corrected chi connectivity index (χ1v) is 15.1. The Labute approximate surface area is 235 Å². The molecule has 0 spiro atoms. The Morgan fingerprint density at radius 1 is 0.975 bits per heavy atom. The predicted octanol–water partition coefficient (Wildman–Crippen LogP) is 5.94. The van der Waals surface area contributed by atoms with Crippen molar-refractivity contribution in [2.24, 2.45) is 0 Å². The molecule has 0 saturated carbocycles. The highest BCUT2D eigenvalue weighted by molar-refractivity contribution is 7.92. The normalized spacial score (nSPS) is 15.3. The van der Waals surface area contributed by atoms with Gasteiger partial charge in [-0.3, -0.25) is 4.31 Å². The summed E-state index contributed by atoms with van der Waals surface area (Å²) in [5, 5.41) is 10.5. The van der Waals surface area contributed by atoms with Gasteiger partial charge in [0.15, 0.2) is 17.6 Å². The third kappa shape index (κ3) is 4.92. The van der Waals surface area contributed by atoms with Gasteiger partial charge in [-0.25, -0.2) is 13.2 Å². The minimum atomic E-state index is -3.75. The monoisotopic (exact) mass is 565 g/mol. The lowest BCUT2D eigenvalue weighted by molar-refractivity contribution is -0.160. The number of fused-ring (bicyclic) bond motifs is 4. The molecular weight excluding hydrogens is 530 g/mol. The van der Waals surface area contributed by atoms with Crippen molar-refractivity contribution in [2.75, 3.05) is 23.8 Å². The summed E-state index contributed by atoms with van der Waals surface area (Å²) in [6.45, 7) is 12.0. The number of carbonyl (C=O) groups is 1. The van der Waals surface area contributed by atoms with Gasteiger partial charge in [-0.05, 0) is 87.1 Å². The topological polar surface area (TPSA) is 102 Å². The first-order chi connectivity index (χ1) is 18.7. The van der Waals surface area contributed by atoms with Gasteiger partial charge < -0.3 is 19.3 Å². The second-order valence-corrected chi connectivity index (χ2v) is 13.4. The van der Waals surface area contributed by atoms with E-state index in [-0.39, 0.29) is 6.54 Å². The molecule has 8 nitrogen and oxygen atoms in total. The Morgan fingerprint density at radius 2 is 1.57 bits per heavy atom. The van der Waals surface area contributed by atoms with Gasteiger partial charge in [-0.2, -0.15) is 0 Å². The minimum absolute atomic E-state index is 0.0826. The molecule has 0 aromatic heterocycles. The number of sulfonamides is 1. The second-order valence-electron chi connectivity index (χ2n) is 11.5. The van der Waals surface area contributed by atoms with Crippen LogP contribution < -0.4 is 13.8 Å². The third-order valence-electron chi connectivity index (χ3n) is 7.31. The van der Waals surface area contributed by atoms with Gasteiger partial charge in [0.25, 0.3) is 0 Å². The maximum Gasteiger partial charge on any atom is 0.337 e. The highest BCUT2D eigenvalue weighted by Crippen LogP contribution is 2.53. The molecule has 0 unspecified atom stereocenters. The van der Waals surface area contributed by atoms with Gasteiger partial charge in [-0.15, -0.1) is 0 Å². The second kappa shape index (κ2) is 9.82. The van der Waals surface area contributed by atoms with E-state index >= 15 is 0 Å². The van der Waals surface area contributed by atoms with E-state index in [0.29, 0.717) is 47.1 Å². The standard InChI is InChI=1S/C31H35NO7S/c1-17-8-10-20(11-9-17)25-18(2)26-22-15-24-23(37-12-13-38-24)14-21(22)16-32(40(7,35)36)28(26)19(3)27(25)29(30(33)34)39-31(4,5)6/h8-11,14-15,29H,12-13,16H2,1-7H3,(H,33,34)/t29-/m0/s1. The Morgan fingerprint density at radius 3 is 2.12 bits per heavy atom. The van der Waals surface area contributed by atoms with Gasteiger partial charge in [0, 0.05) is 11.1 Å². The van der Waals surface area contributed by atoms with Crippen LogP contribution >= 0.6 is 0 Å². The number of aryl methyl sites for hydroxylation is 1. The summed E-state index contributed by atoms with van der Waals surface area (Å²) in [5.74, 6) is 0.0323. The third-order valence-corrected chi connectivity index (χ3v) is 8.43. The first kappa shape index (κ1) is 28.0. The number of benzene rings is 3. The fraction of sp³-hybridized carbons (Fsp3) is 0.387. The summed E-state index contributed by atoms with van der Waals surface area (Å²) < 4.78 is 45.8. The molecule has 3 aromatic carbocycles. The molecule has 3 aromatic rings. The molecular formula is C31H35NO7S. The van der Waals surface area contributed by atoms with Crippen LogP contribution in [-0.4, -0.2) is 44.6 Å². The number of nitrogens with zero attached hydrogens (tertiary/aromatic N) is 1. The molecule has 1 atom stereocenters. The van der Waals surface area contributed by atoms with Crippen LogP contribution in [0.25, 0.3) is 22.3 Å². The van der Waals surface area contributed by atoms with Gasteiger partial charge >= 0.3 is 5.97 Å². The van der Waals surface area contributed by atoms with E-state index in [4.69, 9.17) is 14.2 Å². The van der Waals surface area contributed by atoms with E-state index in [1.54, 1.807) is 27.7 Å². The number of anilines is 1. The van der Waals surface area contributed by atoms with Crippen LogP contribution in [0, 0.1) is 20.8 Å². The van der Waals surface area contributed by atoms with Crippen molar-refractivity contribution in [1.82, 2.24) is 0 Å². The predicted molar refractivity (Wildman–Crippen MR) is 155 cm³/mol. The Balaban J connectivity index is 1.93. The number of hydrogen-bond acceptors (Lipinski definition) is 6. The average molecular weight is 566 g/mol. The molecule has 0 radical (unpaired) electrons. The van der Waals surface area contributed by atoms with Crippen LogP contribution in [0.15, 0.2) is 36.4 Å². The maximum absolute atomic E-state index is 13.3. The number of ether oxygens (including phenoxy) is 3. The highest BCUT2D eigenvalue weighted by atomic mass is 32.2. The van der Waals surface area contributed by atoms with Crippen molar-refractivity contribution >= 4 is 21.7 Å². The maximum atomic E-state index is 13.3. The van der Waals surface area contributed by atoms with Crippen LogP contribution in [0.4, 0.5) is 5.69 Å². The average Bonchev–Trinajstić information content (AvgIpc) is 2.86. The number of hydrogen-bond donors (Lipinski definition) is 1. The summed E-state index contributed by atoms with van der Waals surface area (Å²) in [6, 6.07) is 11.6. The van der Waals surface area contributed by atoms with E-state index in [0.717, 1.165) is 33.4 Å². The molecule has 0 aliphatic carbocycles. The van der Waals surface area contributed by atoms with Crippen molar-refractivity contribution in [3.63, 3.8) is 0 Å². The molecule has 0 saturated heterocycles. The van der Waals surface area contributed by atoms with Crippen molar-refractivity contribution in [1.29, 1.82) is 0 Å². The van der Waals surface area contributed by atoms with E-state index in [9.17, 15) is 18.3 Å². The first-order valence-electron chi connectivity index (χ1n) is 13.2. The van der Waals surface area contributed by atoms with Crippen LogP contribution in [0.2, 0.25) is 0 Å². The van der Waals surface area contributed by atoms with Crippen LogP contribution in [-0.2, 0) is 26.1 Å². The van der Waals surface area contributed by atoms with Gasteiger partial charge in [0.1, 0.15) is 13.2 Å². The SMILES string of the molecule is Cc1ccc(-c2c(C)c3c(c(C)c2[C@H](OC(C)(C)C)C(=O)O)N(S(C)(=O)=O)Cc2cc4c(cc2-3)OCCO4)cc1. The van der Waals surface area contributed by atoms with E-state index in [1.807, 2.05) is 50.2 Å². The molecule has 1 N–H and O–H groups in total. The van der Waals surface area contributed by atoms with Crippen molar-refractivity contribution in [2.45, 2.75) is 59.8 Å². The number of carboxylic acid groups (broad SMARTS) is 1. The Hall–Kier alpha value is -3.56. The lowest BCUT2D eigenvalue weighted by Gasteiger charge is -2.38. The van der Waals surface area contributed by atoms with Gasteiger partial charge in [0.05, 0.1) is 24.1 Å². The number of rotatable bonds is 5. The lowest BCUT2D eigenvalue weighted by atomic mass is 9.80. The molecule has 2 aliphatic heterocycles. The van der Waals surface area contributed by atoms with Crippen LogP contribution in [0.3, 0.4) is 0 Å². The molecule has 2 aliphatic rings. The summed E-state index contributed by atoms with van der Waals surface area (Å²) in [6.07, 6.45) is -0.161. The number of carboxylic acids is 1. The lowest BCUT2D eigenvalue weighted by Crippen LogP contribution is -2.35. The zero-order valence-electron chi connectivity index (χ0n) is 23.9. The van der Waals surface area contributed by atoms with Crippen molar-refractivity contribution in [3.05, 3.63) is 64.2 Å². The van der Waals surface area contributed by atoms with Gasteiger partial charge in [0.2, 0.25) is 10.0 Å². The van der Waals surface area contributed by atoms with Crippen molar-refractivity contribution in [3.8, 4) is 33.8 Å².